The largest absolute Gasteiger partial charge is 0.456 e. The maximum absolute atomic E-state index is 6.90. The molecule has 12 aromatic rings. The number of para-hydroxylation sites is 4. The standard InChI is InChI=1S/C52H31NO3/c1-2-13-36-32(12-1)28-31-40-39-19-9-18-38(52(39)56-51(36)40)37-14-3-6-20-43(37)53(44-21-11-25-48-50(44)42-16-5-8-23-46(42)55-48)34-29-26-33(27-30-34)35-17-10-24-47-49(35)41-15-4-7-22-45(41)54-47/h1-31H. The number of fused-ring (bicyclic) bond motifs is 11. The van der Waals surface area contributed by atoms with Crippen LogP contribution in [0.4, 0.5) is 17.1 Å². The molecule has 3 heterocycles. The Balaban J connectivity index is 1.10. The van der Waals surface area contributed by atoms with E-state index in [-0.39, 0.29) is 0 Å². The number of rotatable bonds is 5. The van der Waals surface area contributed by atoms with Crippen molar-refractivity contribution >= 4 is 93.7 Å². The summed E-state index contributed by atoms with van der Waals surface area (Å²) in [7, 11) is 0. The Labute approximate surface area is 321 Å². The molecular formula is C52H31NO3. The van der Waals surface area contributed by atoms with E-state index in [1.807, 2.05) is 30.3 Å². The monoisotopic (exact) mass is 717 g/mol. The molecule has 56 heavy (non-hydrogen) atoms. The van der Waals surface area contributed by atoms with Crippen LogP contribution >= 0.6 is 0 Å². The summed E-state index contributed by atoms with van der Waals surface area (Å²) in [5.41, 5.74) is 12.7. The van der Waals surface area contributed by atoms with Crippen molar-refractivity contribution in [2.24, 2.45) is 0 Å². The Morgan fingerprint density at radius 3 is 1.68 bits per heavy atom. The molecule has 0 N–H and O–H groups in total. The zero-order chi connectivity index (χ0) is 36.7. The van der Waals surface area contributed by atoms with Crippen molar-refractivity contribution in [2.45, 2.75) is 0 Å². The van der Waals surface area contributed by atoms with Crippen LogP contribution < -0.4 is 4.90 Å². The number of hydrogen-bond acceptors (Lipinski definition) is 4. The van der Waals surface area contributed by atoms with Crippen LogP contribution in [0.5, 0.6) is 0 Å². The SMILES string of the molecule is c1ccc(N(c2ccc(-c3cccc4oc5ccccc5c34)cc2)c2cccc3oc4ccccc4c23)c(-c2cccc3c2oc2c4ccccc4ccc32)c1. The molecule has 9 aromatic carbocycles. The molecule has 0 aliphatic carbocycles. The third-order valence-electron chi connectivity index (χ3n) is 11.3. The van der Waals surface area contributed by atoms with Gasteiger partial charge in [-0.2, -0.15) is 0 Å². The van der Waals surface area contributed by atoms with E-state index in [4.69, 9.17) is 13.3 Å². The quantitative estimate of drug-likeness (QED) is 0.178. The molecule has 12 rings (SSSR count). The summed E-state index contributed by atoms with van der Waals surface area (Å²) in [5, 5.41) is 8.85. The summed E-state index contributed by atoms with van der Waals surface area (Å²) in [6.45, 7) is 0. The van der Waals surface area contributed by atoms with Crippen LogP contribution in [0.1, 0.15) is 0 Å². The minimum absolute atomic E-state index is 0.840. The van der Waals surface area contributed by atoms with Gasteiger partial charge in [0.15, 0.2) is 0 Å². The topological polar surface area (TPSA) is 42.7 Å². The number of nitrogens with zero attached hydrogens (tertiary/aromatic N) is 1. The van der Waals surface area contributed by atoms with Crippen LogP contribution in [-0.2, 0) is 0 Å². The highest BCUT2D eigenvalue weighted by atomic mass is 16.3. The maximum atomic E-state index is 6.90. The van der Waals surface area contributed by atoms with Gasteiger partial charge in [-0.05, 0) is 71.1 Å². The normalized spacial score (nSPS) is 11.9. The molecular weight excluding hydrogens is 687 g/mol. The minimum Gasteiger partial charge on any atom is -0.456 e. The minimum atomic E-state index is 0.840. The van der Waals surface area contributed by atoms with Crippen molar-refractivity contribution in [3.05, 3.63) is 188 Å². The van der Waals surface area contributed by atoms with Crippen molar-refractivity contribution in [1.29, 1.82) is 0 Å². The number of benzene rings is 9. The molecule has 262 valence electrons. The summed E-state index contributed by atoms with van der Waals surface area (Å²) in [5.74, 6) is 0. The Hall–Kier alpha value is -7.56. The van der Waals surface area contributed by atoms with Crippen LogP contribution in [0.2, 0.25) is 0 Å². The number of hydrogen-bond donors (Lipinski definition) is 0. The highest BCUT2D eigenvalue weighted by Crippen LogP contribution is 2.48. The number of furan rings is 3. The van der Waals surface area contributed by atoms with Crippen LogP contribution in [0.25, 0.3) is 98.8 Å². The van der Waals surface area contributed by atoms with Gasteiger partial charge in [-0.15, -0.1) is 0 Å². The van der Waals surface area contributed by atoms with Crippen molar-refractivity contribution in [2.75, 3.05) is 4.90 Å². The highest BCUT2D eigenvalue weighted by molar-refractivity contribution is 6.19. The molecule has 0 aliphatic heterocycles. The zero-order valence-electron chi connectivity index (χ0n) is 30.1. The molecule has 0 radical (unpaired) electrons. The van der Waals surface area contributed by atoms with Crippen molar-refractivity contribution in [3.63, 3.8) is 0 Å². The van der Waals surface area contributed by atoms with E-state index >= 15 is 0 Å². The van der Waals surface area contributed by atoms with Gasteiger partial charge >= 0.3 is 0 Å². The maximum Gasteiger partial charge on any atom is 0.143 e. The second-order valence-corrected chi connectivity index (χ2v) is 14.4. The van der Waals surface area contributed by atoms with Crippen LogP contribution in [0.3, 0.4) is 0 Å². The van der Waals surface area contributed by atoms with Gasteiger partial charge in [0, 0.05) is 49.1 Å². The van der Waals surface area contributed by atoms with Gasteiger partial charge in [0.2, 0.25) is 0 Å². The number of anilines is 3. The Morgan fingerprint density at radius 1 is 0.304 bits per heavy atom. The average molecular weight is 718 g/mol. The van der Waals surface area contributed by atoms with E-state index in [1.165, 1.54) is 0 Å². The first-order valence-corrected chi connectivity index (χ1v) is 18.9. The lowest BCUT2D eigenvalue weighted by molar-refractivity contribution is 0.668. The van der Waals surface area contributed by atoms with Crippen molar-refractivity contribution in [3.8, 4) is 22.3 Å². The fraction of sp³-hybridized carbons (Fsp3) is 0. The van der Waals surface area contributed by atoms with Crippen LogP contribution in [0.15, 0.2) is 201 Å². The van der Waals surface area contributed by atoms with Crippen molar-refractivity contribution < 1.29 is 13.3 Å². The van der Waals surface area contributed by atoms with Gasteiger partial charge in [0.1, 0.15) is 33.5 Å². The first kappa shape index (κ1) is 30.9. The van der Waals surface area contributed by atoms with E-state index in [9.17, 15) is 0 Å². The Morgan fingerprint density at radius 2 is 0.857 bits per heavy atom. The van der Waals surface area contributed by atoms with Gasteiger partial charge in [0.25, 0.3) is 0 Å². The predicted molar refractivity (Wildman–Crippen MR) is 231 cm³/mol. The Kier molecular flexibility index (Phi) is 6.60. The van der Waals surface area contributed by atoms with Gasteiger partial charge in [-0.25, -0.2) is 0 Å². The second kappa shape index (κ2) is 12.0. The van der Waals surface area contributed by atoms with Gasteiger partial charge in [0.05, 0.1) is 16.8 Å². The van der Waals surface area contributed by atoms with E-state index in [1.54, 1.807) is 0 Å². The molecule has 0 atom stereocenters. The lowest BCUT2D eigenvalue weighted by Gasteiger charge is -2.28. The van der Waals surface area contributed by atoms with E-state index in [0.717, 1.165) is 116 Å². The van der Waals surface area contributed by atoms with E-state index in [0.29, 0.717) is 0 Å². The molecule has 0 unspecified atom stereocenters. The molecule has 4 heteroatoms. The first-order valence-electron chi connectivity index (χ1n) is 18.9. The lowest BCUT2D eigenvalue weighted by Crippen LogP contribution is -2.11. The van der Waals surface area contributed by atoms with Gasteiger partial charge < -0.3 is 18.2 Å². The third-order valence-corrected chi connectivity index (χ3v) is 11.3. The lowest BCUT2D eigenvalue weighted by atomic mass is 9.97. The van der Waals surface area contributed by atoms with Crippen LogP contribution in [0, 0.1) is 0 Å². The highest BCUT2D eigenvalue weighted by Gasteiger charge is 2.24. The summed E-state index contributed by atoms with van der Waals surface area (Å²) in [6, 6.07) is 66.0. The average Bonchev–Trinajstić information content (AvgIpc) is 3.96. The summed E-state index contributed by atoms with van der Waals surface area (Å²) in [4.78, 5) is 2.37. The molecule has 0 bridgehead atoms. The first-order chi connectivity index (χ1) is 27.8. The van der Waals surface area contributed by atoms with Gasteiger partial charge in [-0.1, -0.05) is 133 Å². The molecule has 0 aliphatic rings. The third kappa shape index (κ3) is 4.53. The fourth-order valence-electron chi connectivity index (χ4n) is 8.79. The molecule has 0 spiro atoms. The molecule has 3 aromatic heterocycles. The van der Waals surface area contributed by atoms with Crippen molar-refractivity contribution in [1.82, 2.24) is 0 Å². The molecule has 0 fully saturated rings. The summed E-state index contributed by atoms with van der Waals surface area (Å²) < 4.78 is 19.6. The van der Waals surface area contributed by atoms with Crippen LogP contribution in [-0.4, -0.2) is 0 Å². The van der Waals surface area contributed by atoms with E-state index < -0.39 is 0 Å². The smallest absolute Gasteiger partial charge is 0.143 e. The molecule has 4 nitrogen and oxygen atoms in total. The second-order valence-electron chi connectivity index (χ2n) is 14.4. The predicted octanol–water partition coefficient (Wildman–Crippen LogP) is 15.3. The summed E-state index contributed by atoms with van der Waals surface area (Å²) >= 11 is 0. The molecule has 0 saturated carbocycles. The molecule has 0 saturated heterocycles. The Bertz CT molecular complexity index is 3490. The molecule has 0 amide bonds. The summed E-state index contributed by atoms with van der Waals surface area (Å²) in [6.07, 6.45) is 0. The fourth-order valence-corrected chi connectivity index (χ4v) is 8.79. The van der Waals surface area contributed by atoms with Gasteiger partial charge in [-0.3, -0.25) is 0 Å². The van der Waals surface area contributed by atoms with E-state index in [2.05, 4.69) is 163 Å². The zero-order valence-corrected chi connectivity index (χ0v) is 30.1.